The van der Waals surface area contributed by atoms with E-state index < -0.39 is 5.91 Å². The summed E-state index contributed by atoms with van der Waals surface area (Å²) in [6.45, 7) is 4.03. The molecule has 5 N–H and O–H groups in total. The number of aromatic nitrogens is 2. The topological polar surface area (TPSA) is 118 Å². The van der Waals surface area contributed by atoms with Gasteiger partial charge in [-0.25, -0.2) is 0 Å². The second-order valence-corrected chi connectivity index (χ2v) is 6.30. The average molecular weight is 347 g/mol. The maximum atomic E-state index is 12.8. The molecule has 4 rings (SSSR count). The molecule has 130 valence electrons. The number of benzene rings is 2. The predicted molar refractivity (Wildman–Crippen MR) is 99.0 cm³/mol. The number of nitrogen functional groups attached to an aromatic ring is 1. The predicted octanol–water partition coefficient (Wildman–Crippen LogP) is 1.81. The Morgan fingerprint density at radius 2 is 2.04 bits per heavy atom. The molecule has 7 heteroatoms. The number of nitrogens with one attached hydrogen (secondary N) is 1. The molecule has 0 unspecified atom stereocenters. The Labute approximate surface area is 149 Å². The summed E-state index contributed by atoms with van der Waals surface area (Å²) >= 11 is 0. The van der Waals surface area contributed by atoms with Gasteiger partial charge < -0.3 is 16.4 Å². The number of aromatic amines is 1. The lowest BCUT2D eigenvalue weighted by Gasteiger charge is -2.15. The van der Waals surface area contributed by atoms with E-state index in [4.69, 9.17) is 11.5 Å². The van der Waals surface area contributed by atoms with Crippen LogP contribution in [0.2, 0.25) is 0 Å². The average Bonchev–Trinajstić information content (AvgIpc) is 3.18. The van der Waals surface area contributed by atoms with Crippen molar-refractivity contribution in [3.05, 3.63) is 59.7 Å². The van der Waals surface area contributed by atoms with Crippen molar-refractivity contribution < 1.29 is 9.59 Å². The highest BCUT2D eigenvalue weighted by Crippen LogP contribution is 2.37. The fourth-order valence-corrected chi connectivity index (χ4v) is 3.33. The number of rotatable bonds is 4. The van der Waals surface area contributed by atoms with Gasteiger partial charge in [0.15, 0.2) is 0 Å². The molecular weight excluding hydrogens is 330 g/mol. The Balaban J connectivity index is 1.82. The quantitative estimate of drug-likeness (QED) is 0.492. The number of carbonyl (C=O) groups is 2. The van der Waals surface area contributed by atoms with Crippen molar-refractivity contribution in [1.29, 1.82) is 0 Å². The SMILES string of the molecule is C=C(CN1Cc2c(-c3n[nH]c4ccccc34)ccc(N)c2C1=O)C(N)=O. The van der Waals surface area contributed by atoms with Crippen LogP contribution in [0.3, 0.4) is 0 Å². The molecule has 0 saturated carbocycles. The highest BCUT2D eigenvalue weighted by atomic mass is 16.2. The van der Waals surface area contributed by atoms with Crippen LogP contribution in [0.4, 0.5) is 5.69 Å². The molecule has 0 spiro atoms. The van der Waals surface area contributed by atoms with Crippen LogP contribution in [0.15, 0.2) is 48.6 Å². The number of fused-ring (bicyclic) bond motifs is 2. The minimum atomic E-state index is -0.625. The van der Waals surface area contributed by atoms with E-state index >= 15 is 0 Å². The van der Waals surface area contributed by atoms with Crippen molar-refractivity contribution in [3.8, 4) is 11.3 Å². The Morgan fingerprint density at radius 1 is 1.27 bits per heavy atom. The Morgan fingerprint density at radius 3 is 2.81 bits per heavy atom. The van der Waals surface area contributed by atoms with Crippen molar-refractivity contribution in [2.45, 2.75) is 6.54 Å². The van der Waals surface area contributed by atoms with Crippen molar-refractivity contribution >= 4 is 28.4 Å². The van der Waals surface area contributed by atoms with Gasteiger partial charge in [-0.1, -0.05) is 30.8 Å². The van der Waals surface area contributed by atoms with Crippen LogP contribution in [0.5, 0.6) is 0 Å². The fraction of sp³-hybridized carbons (Fsp3) is 0.105. The van der Waals surface area contributed by atoms with E-state index in [0.717, 1.165) is 27.7 Å². The summed E-state index contributed by atoms with van der Waals surface area (Å²) in [5.74, 6) is -0.859. The number of nitrogens with zero attached hydrogens (tertiary/aromatic N) is 2. The molecule has 3 aromatic rings. The van der Waals surface area contributed by atoms with Crippen molar-refractivity contribution in [2.24, 2.45) is 5.73 Å². The van der Waals surface area contributed by atoms with E-state index in [1.165, 1.54) is 4.90 Å². The van der Waals surface area contributed by atoms with E-state index in [9.17, 15) is 9.59 Å². The smallest absolute Gasteiger partial charge is 0.256 e. The normalized spacial score (nSPS) is 13.2. The van der Waals surface area contributed by atoms with Gasteiger partial charge in [0.25, 0.3) is 5.91 Å². The number of nitrogens with two attached hydrogens (primary N) is 2. The summed E-state index contributed by atoms with van der Waals surface area (Å²) in [6, 6.07) is 11.4. The number of hydrogen-bond donors (Lipinski definition) is 3. The number of para-hydroxylation sites is 1. The minimum Gasteiger partial charge on any atom is -0.398 e. The van der Waals surface area contributed by atoms with E-state index in [1.54, 1.807) is 6.07 Å². The molecule has 2 aromatic carbocycles. The van der Waals surface area contributed by atoms with Crippen LogP contribution >= 0.6 is 0 Å². The number of H-pyrrole nitrogens is 1. The fourth-order valence-electron chi connectivity index (χ4n) is 3.33. The lowest BCUT2D eigenvalue weighted by molar-refractivity contribution is -0.114. The van der Waals surface area contributed by atoms with Crippen LogP contribution in [-0.4, -0.2) is 33.5 Å². The maximum absolute atomic E-state index is 12.8. The zero-order valence-corrected chi connectivity index (χ0v) is 14.0. The van der Waals surface area contributed by atoms with E-state index in [1.807, 2.05) is 30.3 Å². The van der Waals surface area contributed by atoms with Gasteiger partial charge in [0.1, 0.15) is 5.69 Å². The first-order valence-corrected chi connectivity index (χ1v) is 8.09. The molecule has 2 heterocycles. The van der Waals surface area contributed by atoms with Crippen LogP contribution in [0.25, 0.3) is 22.2 Å². The van der Waals surface area contributed by atoms with Gasteiger partial charge in [-0.15, -0.1) is 0 Å². The van der Waals surface area contributed by atoms with Crippen molar-refractivity contribution in [2.75, 3.05) is 12.3 Å². The third-order valence-corrected chi connectivity index (χ3v) is 4.65. The molecule has 2 amide bonds. The summed E-state index contributed by atoms with van der Waals surface area (Å²) in [4.78, 5) is 25.6. The van der Waals surface area contributed by atoms with Crippen LogP contribution < -0.4 is 11.5 Å². The number of hydrogen-bond acceptors (Lipinski definition) is 4. The largest absolute Gasteiger partial charge is 0.398 e. The number of primary amides is 1. The second kappa shape index (κ2) is 5.73. The Bertz CT molecular complexity index is 1080. The van der Waals surface area contributed by atoms with Gasteiger partial charge in [-0.2, -0.15) is 5.10 Å². The molecule has 0 aliphatic carbocycles. The summed E-state index contributed by atoms with van der Waals surface area (Å²) in [5.41, 5.74) is 15.7. The molecule has 0 radical (unpaired) electrons. The van der Waals surface area contributed by atoms with Crippen LogP contribution in [0, 0.1) is 0 Å². The standard InChI is InChI=1S/C19H17N5O2/c1-10(18(21)25)8-24-9-13-11(6-7-14(20)16(13)19(24)26)17-12-4-2-3-5-15(12)22-23-17/h2-7H,1,8-9,20H2,(H2,21,25)(H,22,23). The molecule has 0 atom stereocenters. The molecule has 1 aliphatic heterocycles. The second-order valence-electron chi connectivity index (χ2n) is 6.30. The van der Waals surface area contributed by atoms with E-state index in [-0.39, 0.29) is 18.0 Å². The lowest BCUT2D eigenvalue weighted by atomic mass is 9.97. The van der Waals surface area contributed by atoms with E-state index in [2.05, 4.69) is 16.8 Å². The summed E-state index contributed by atoms with van der Waals surface area (Å²) in [6.07, 6.45) is 0. The molecule has 0 fully saturated rings. The molecule has 26 heavy (non-hydrogen) atoms. The third kappa shape index (κ3) is 2.33. The molecule has 0 saturated heterocycles. The highest BCUT2D eigenvalue weighted by Gasteiger charge is 2.33. The monoisotopic (exact) mass is 347 g/mol. The van der Waals surface area contributed by atoms with Gasteiger partial charge >= 0.3 is 0 Å². The highest BCUT2D eigenvalue weighted by molar-refractivity contribution is 6.07. The lowest BCUT2D eigenvalue weighted by Crippen LogP contribution is -2.30. The van der Waals surface area contributed by atoms with Gasteiger partial charge in [-0.05, 0) is 17.7 Å². The van der Waals surface area contributed by atoms with Crippen molar-refractivity contribution in [1.82, 2.24) is 15.1 Å². The zero-order valence-electron chi connectivity index (χ0n) is 14.0. The van der Waals surface area contributed by atoms with Crippen LogP contribution in [-0.2, 0) is 11.3 Å². The summed E-state index contributed by atoms with van der Waals surface area (Å²) in [7, 11) is 0. The van der Waals surface area contributed by atoms with Crippen molar-refractivity contribution in [3.63, 3.8) is 0 Å². The molecule has 0 bridgehead atoms. The Kier molecular flexibility index (Phi) is 3.50. The number of amides is 2. The van der Waals surface area contributed by atoms with Crippen LogP contribution in [0.1, 0.15) is 15.9 Å². The number of anilines is 1. The Hall–Kier alpha value is -3.61. The first-order chi connectivity index (χ1) is 12.5. The zero-order chi connectivity index (χ0) is 18.4. The van der Waals surface area contributed by atoms with Gasteiger partial charge in [0, 0.05) is 28.8 Å². The summed E-state index contributed by atoms with van der Waals surface area (Å²) in [5, 5.41) is 8.40. The molecule has 1 aliphatic rings. The first kappa shape index (κ1) is 15.9. The van der Waals surface area contributed by atoms with Gasteiger partial charge in [0.05, 0.1) is 17.6 Å². The van der Waals surface area contributed by atoms with Gasteiger partial charge in [-0.3, -0.25) is 14.7 Å². The number of carbonyl (C=O) groups excluding carboxylic acids is 2. The molecular formula is C19H17N5O2. The molecule has 7 nitrogen and oxygen atoms in total. The first-order valence-electron chi connectivity index (χ1n) is 8.09. The summed E-state index contributed by atoms with van der Waals surface area (Å²) < 4.78 is 0. The third-order valence-electron chi connectivity index (χ3n) is 4.65. The van der Waals surface area contributed by atoms with Gasteiger partial charge in [0.2, 0.25) is 5.91 Å². The maximum Gasteiger partial charge on any atom is 0.256 e. The minimum absolute atomic E-state index is 0.0725. The molecule has 1 aromatic heterocycles. The van der Waals surface area contributed by atoms with E-state index in [0.29, 0.717) is 17.8 Å².